The maximum Gasteiger partial charge on any atom is 0.321 e. The molecule has 0 radical (unpaired) electrons. The fourth-order valence-electron chi connectivity index (χ4n) is 7.98. The first-order valence-corrected chi connectivity index (χ1v) is 20.1. The number of phenols is 2. The van der Waals surface area contributed by atoms with Gasteiger partial charge in [0, 0.05) is 22.3 Å². The third-order valence-corrected chi connectivity index (χ3v) is 11.9. The summed E-state index contributed by atoms with van der Waals surface area (Å²) in [6, 6.07) is 7.78. The lowest BCUT2D eigenvalue weighted by atomic mass is 9.64. The molecule has 0 aliphatic heterocycles. The minimum atomic E-state index is -1.64. The molecule has 0 heterocycles. The summed E-state index contributed by atoms with van der Waals surface area (Å²) < 4.78 is 11.1. The highest BCUT2D eigenvalue weighted by molar-refractivity contribution is 5.93. The molecule has 0 saturated carbocycles. The maximum absolute atomic E-state index is 14.8. The van der Waals surface area contributed by atoms with E-state index >= 15 is 0 Å². The Balaban J connectivity index is 3.39. The predicted molar refractivity (Wildman–Crippen MR) is 216 cm³/mol. The summed E-state index contributed by atoms with van der Waals surface area (Å²) in [4.78, 5) is 28.5. The molecule has 0 saturated heterocycles. The number of ether oxygens (including phenoxy) is 2. The van der Waals surface area contributed by atoms with Crippen molar-refractivity contribution in [1.29, 1.82) is 0 Å². The normalized spacial score (nSPS) is 13.0. The second-order valence-electron chi connectivity index (χ2n) is 17.9. The molecule has 0 unspecified atom stereocenters. The molecule has 2 rings (SSSR count). The van der Waals surface area contributed by atoms with Crippen molar-refractivity contribution in [3.05, 3.63) is 57.6 Å². The monoisotopic (exact) mass is 723 g/mol. The third kappa shape index (κ3) is 9.94. The van der Waals surface area contributed by atoms with Gasteiger partial charge < -0.3 is 19.7 Å². The molecule has 0 spiro atoms. The lowest BCUT2D eigenvalue weighted by Gasteiger charge is -2.39. The summed E-state index contributed by atoms with van der Waals surface area (Å²) in [5.74, 6) is -0.644. The van der Waals surface area contributed by atoms with Gasteiger partial charge in [0.05, 0.1) is 20.6 Å². The lowest BCUT2D eigenvalue weighted by molar-refractivity contribution is -0.152. The van der Waals surface area contributed by atoms with Crippen molar-refractivity contribution in [3.63, 3.8) is 0 Å². The largest absolute Gasteiger partial charge is 0.507 e. The van der Waals surface area contributed by atoms with Crippen LogP contribution in [0.25, 0.3) is 0 Å². The van der Waals surface area contributed by atoms with Gasteiger partial charge >= 0.3 is 11.9 Å². The van der Waals surface area contributed by atoms with E-state index in [1.54, 1.807) is 0 Å². The van der Waals surface area contributed by atoms with Crippen LogP contribution < -0.4 is 0 Å². The zero-order valence-electron chi connectivity index (χ0n) is 35.5. The molecule has 2 aromatic rings. The Morgan fingerprint density at radius 1 is 0.519 bits per heavy atom. The highest BCUT2D eigenvalue weighted by atomic mass is 16.5. The van der Waals surface area contributed by atoms with Gasteiger partial charge in [0.25, 0.3) is 0 Å². The number of hydrogen-bond donors (Lipinski definition) is 2. The fourth-order valence-corrected chi connectivity index (χ4v) is 7.98. The molecule has 6 nitrogen and oxygen atoms in total. The highest BCUT2D eigenvalue weighted by Crippen LogP contribution is 2.51. The first kappa shape index (κ1) is 45.1. The number of aromatic hydroxyl groups is 2. The Kier molecular flexibility index (Phi) is 15.9. The maximum atomic E-state index is 14.8. The van der Waals surface area contributed by atoms with Gasteiger partial charge in [-0.2, -0.15) is 0 Å². The molecule has 0 aromatic heterocycles. The van der Waals surface area contributed by atoms with E-state index in [-0.39, 0.29) is 17.9 Å². The van der Waals surface area contributed by atoms with Crippen LogP contribution in [-0.2, 0) is 46.1 Å². The zero-order chi connectivity index (χ0) is 39.7. The zero-order valence-corrected chi connectivity index (χ0v) is 35.5. The van der Waals surface area contributed by atoms with Crippen molar-refractivity contribution in [2.24, 2.45) is 0 Å². The van der Waals surface area contributed by atoms with Crippen molar-refractivity contribution in [2.45, 2.75) is 194 Å². The van der Waals surface area contributed by atoms with E-state index in [0.717, 1.165) is 99.3 Å². The lowest BCUT2D eigenvalue weighted by Crippen LogP contribution is -2.42. The number of unbranched alkanes of at least 4 members (excludes halogenated alkanes) is 4. The van der Waals surface area contributed by atoms with Crippen molar-refractivity contribution in [1.82, 2.24) is 0 Å². The molecule has 0 aliphatic carbocycles. The molecule has 0 amide bonds. The Hall–Kier alpha value is -3.02. The second kappa shape index (κ2) is 18.3. The van der Waals surface area contributed by atoms with Crippen LogP contribution >= 0.6 is 0 Å². The minimum Gasteiger partial charge on any atom is -0.507 e. The molecule has 52 heavy (non-hydrogen) atoms. The number of rotatable bonds is 21. The molecule has 6 heteroatoms. The second-order valence-corrected chi connectivity index (χ2v) is 17.9. The highest BCUT2D eigenvalue weighted by Gasteiger charge is 2.49. The Morgan fingerprint density at radius 2 is 0.788 bits per heavy atom. The minimum absolute atomic E-state index is 0.247. The molecule has 0 bridgehead atoms. The smallest absolute Gasteiger partial charge is 0.321 e. The number of methoxy groups -OCH3 is 2. The van der Waals surface area contributed by atoms with Crippen LogP contribution in [0.5, 0.6) is 11.5 Å². The molecule has 0 atom stereocenters. The summed E-state index contributed by atoms with van der Waals surface area (Å²) in [5.41, 5.74) is 0.794. The fraction of sp³-hybridized carbons (Fsp3) is 0.696. The van der Waals surface area contributed by atoms with E-state index in [4.69, 9.17) is 9.47 Å². The number of esters is 2. The van der Waals surface area contributed by atoms with Crippen LogP contribution in [0.2, 0.25) is 0 Å². The topological polar surface area (TPSA) is 93.1 Å². The van der Waals surface area contributed by atoms with E-state index in [2.05, 4.69) is 83.1 Å². The first-order chi connectivity index (χ1) is 24.2. The van der Waals surface area contributed by atoms with Crippen molar-refractivity contribution < 1.29 is 29.3 Å². The molecule has 294 valence electrons. The quantitative estimate of drug-likeness (QED) is 0.125. The molecule has 0 aliphatic rings. The molecule has 0 fully saturated rings. The van der Waals surface area contributed by atoms with E-state index in [1.165, 1.54) is 14.2 Å². The van der Waals surface area contributed by atoms with E-state index in [9.17, 15) is 19.8 Å². The number of phenolic OH excluding ortho intramolecular Hbond substituents is 2. The summed E-state index contributed by atoms with van der Waals surface area (Å²) >= 11 is 0. The van der Waals surface area contributed by atoms with Crippen molar-refractivity contribution in [2.75, 3.05) is 14.2 Å². The number of benzene rings is 2. The van der Waals surface area contributed by atoms with Crippen LogP contribution in [-0.4, -0.2) is 36.4 Å². The molecular weight excluding hydrogens is 649 g/mol. The first-order valence-electron chi connectivity index (χ1n) is 20.1. The van der Waals surface area contributed by atoms with Crippen molar-refractivity contribution >= 4 is 11.9 Å². The summed E-state index contributed by atoms with van der Waals surface area (Å²) in [6.07, 6.45) is 11.0. The van der Waals surface area contributed by atoms with Gasteiger partial charge in [-0.3, -0.25) is 9.59 Å². The van der Waals surface area contributed by atoms with Gasteiger partial charge in [-0.1, -0.05) is 159 Å². The van der Waals surface area contributed by atoms with Crippen LogP contribution in [0.15, 0.2) is 24.3 Å². The van der Waals surface area contributed by atoms with Gasteiger partial charge in [-0.05, 0) is 58.5 Å². The standard InChI is InChI=1S/C46H74O6/c1-15-19-23-42(5,6)34-27-32(28-35(39(34)48)43(7,8)24-20-16-2)46(41(50)52-14,31-38(47)51-13)33-29-36(44(9,10)25-21-17-3)40(49)37(30-33)45(11,12)26-22-18-4/h27-30,48-49H,15-26,31H2,1-14H3. The van der Waals surface area contributed by atoms with E-state index < -0.39 is 39.0 Å². The van der Waals surface area contributed by atoms with Crippen LogP contribution in [0.4, 0.5) is 0 Å². The Morgan fingerprint density at radius 3 is 1.00 bits per heavy atom. The van der Waals surface area contributed by atoms with Gasteiger partial charge in [0.15, 0.2) is 0 Å². The SMILES string of the molecule is CCCCC(C)(C)c1cc(C(CC(=O)OC)(C(=O)OC)c2cc(C(C)(C)CCCC)c(O)c(C(C)(C)CCCC)c2)cc(C(C)(C)CCCC)c1O. The molecular formula is C46H74O6. The summed E-state index contributed by atoms with van der Waals surface area (Å²) in [6.45, 7) is 25.8. The van der Waals surface area contributed by atoms with Crippen LogP contribution in [0.3, 0.4) is 0 Å². The predicted octanol–water partition coefficient (Wildman–Crippen LogP) is 12.0. The summed E-state index contributed by atoms with van der Waals surface area (Å²) in [7, 11) is 2.71. The van der Waals surface area contributed by atoms with E-state index in [1.807, 2.05) is 24.3 Å². The van der Waals surface area contributed by atoms with Gasteiger partial charge in [0.1, 0.15) is 16.9 Å². The van der Waals surface area contributed by atoms with Crippen LogP contribution in [0, 0.1) is 0 Å². The van der Waals surface area contributed by atoms with Gasteiger partial charge in [-0.25, -0.2) is 0 Å². The Labute approximate surface area is 317 Å². The number of carbonyl (C=O) groups excluding carboxylic acids is 2. The molecule has 2 N–H and O–H groups in total. The van der Waals surface area contributed by atoms with Gasteiger partial charge in [0.2, 0.25) is 0 Å². The Bertz CT molecular complexity index is 1320. The summed E-state index contributed by atoms with van der Waals surface area (Å²) in [5, 5.41) is 24.4. The van der Waals surface area contributed by atoms with Gasteiger partial charge in [-0.15, -0.1) is 0 Å². The number of hydrogen-bond acceptors (Lipinski definition) is 6. The number of carbonyl (C=O) groups is 2. The average Bonchev–Trinajstić information content (AvgIpc) is 3.09. The third-order valence-electron chi connectivity index (χ3n) is 11.9. The average molecular weight is 723 g/mol. The van der Waals surface area contributed by atoms with E-state index in [0.29, 0.717) is 11.1 Å². The molecule has 2 aromatic carbocycles. The van der Waals surface area contributed by atoms with Crippen LogP contribution in [0.1, 0.15) is 200 Å². The van der Waals surface area contributed by atoms with Crippen molar-refractivity contribution in [3.8, 4) is 11.5 Å².